The Kier molecular flexibility index (Phi) is 8.55. The smallest absolute Gasteiger partial charge is 0.246 e. The Morgan fingerprint density at radius 2 is 1.95 bits per heavy atom. The lowest BCUT2D eigenvalue weighted by Crippen LogP contribution is -2.44. The number of hydrogen-bond acceptors (Lipinski definition) is 9. The van der Waals surface area contributed by atoms with Gasteiger partial charge in [0.1, 0.15) is 18.9 Å². The number of rotatable bonds is 10. The van der Waals surface area contributed by atoms with Gasteiger partial charge < -0.3 is 18.7 Å². The summed E-state index contributed by atoms with van der Waals surface area (Å²) in [5, 5.41) is 7.88. The normalized spacial score (nSPS) is 19.5. The topological polar surface area (TPSA) is 142 Å². The van der Waals surface area contributed by atoms with Crippen LogP contribution in [-0.2, 0) is 20.6 Å². The highest BCUT2D eigenvalue weighted by molar-refractivity contribution is 6.74. The van der Waals surface area contributed by atoms with Gasteiger partial charge in [0.15, 0.2) is 25.6 Å². The minimum absolute atomic E-state index is 0.0603. The maximum Gasteiger partial charge on any atom is 0.246 e. The summed E-state index contributed by atoms with van der Waals surface area (Å²) in [6.45, 7) is 15.4. The molecule has 13 heteroatoms. The van der Waals surface area contributed by atoms with Crippen LogP contribution < -0.4 is 4.74 Å². The molecule has 12 nitrogen and oxygen atoms in total. The van der Waals surface area contributed by atoms with Crippen LogP contribution in [0.2, 0.25) is 18.1 Å². The molecule has 1 unspecified atom stereocenters. The molecule has 0 N–H and O–H groups in total. The second-order valence-corrected chi connectivity index (χ2v) is 16.0. The van der Waals surface area contributed by atoms with Crippen LogP contribution in [0.5, 0.6) is 5.88 Å². The van der Waals surface area contributed by atoms with Crippen molar-refractivity contribution in [2.75, 3.05) is 6.61 Å². The lowest BCUT2D eigenvalue weighted by molar-refractivity contribution is -0.0572. The first-order valence-electron chi connectivity index (χ1n) is 12.9. The van der Waals surface area contributed by atoms with Crippen LogP contribution in [0.25, 0.3) is 21.6 Å². The third kappa shape index (κ3) is 6.74. The Labute approximate surface area is 229 Å². The van der Waals surface area contributed by atoms with Crippen molar-refractivity contribution in [2.45, 2.75) is 84.2 Å². The molecule has 0 aliphatic carbocycles. The molecule has 1 saturated heterocycles. The molecule has 0 amide bonds. The number of hydrogen-bond donors (Lipinski definition) is 0. The van der Waals surface area contributed by atoms with Crippen molar-refractivity contribution in [3.05, 3.63) is 52.7 Å². The lowest BCUT2D eigenvalue weighted by Gasteiger charge is -2.37. The highest BCUT2D eigenvalue weighted by Gasteiger charge is 2.43. The Balaban J connectivity index is 1.62. The number of nitrogens with zero attached hydrogens (tertiary/aromatic N) is 8. The van der Waals surface area contributed by atoms with E-state index in [9.17, 15) is 0 Å². The maximum absolute atomic E-state index is 9.03. The summed E-state index contributed by atoms with van der Waals surface area (Å²) in [4.78, 5) is 22.0. The quantitative estimate of drug-likeness (QED) is 0.0703. The molecule has 2 aromatic heterocycles. The zero-order valence-corrected chi connectivity index (χ0v) is 24.5. The number of ether oxygens (including phenoxy) is 2. The molecular weight excluding hydrogens is 516 g/mol. The third-order valence-electron chi connectivity index (χ3n) is 7.01. The average Bonchev–Trinajstić information content (AvgIpc) is 3.49. The van der Waals surface area contributed by atoms with Gasteiger partial charge in [-0.1, -0.05) is 56.3 Å². The fourth-order valence-electron chi connectivity index (χ4n) is 3.81. The second-order valence-electron chi connectivity index (χ2n) is 11.2. The maximum atomic E-state index is 9.03. The van der Waals surface area contributed by atoms with Crippen LogP contribution in [-0.4, -0.2) is 52.4 Å². The predicted octanol–water partition coefficient (Wildman–Crippen LogP) is 6.44. The standard InChI is InChI=1S/C26H36N8O4Si/c1-17(2)32-38-19-13-21(37-20(19)15-36-39(6,7)26(3,4)5)34-16-28-22-23(34)29-25(31-33-27)30-24(22)35-14-18-11-9-8-10-12-18/h8-12,16,19-21H,13-15H2,1-7H3/t19?,20-,21-/m1/s1. The van der Waals surface area contributed by atoms with Crippen molar-refractivity contribution in [3.63, 3.8) is 0 Å². The van der Waals surface area contributed by atoms with E-state index in [1.165, 1.54) is 0 Å². The highest BCUT2D eigenvalue weighted by atomic mass is 28.4. The molecule has 1 aromatic carbocycles. The van der Waals surface area contributed by atoms with Crippen molar-refractivity contribution in [3.8, 4) is 5.88 Å². The minimum Gasteiger partial charge on any atom is -0.471 e. The Bertz CT molecular complexity index is 1360. The summed E-state index contributed by atoms with van der Waals surface area (Å²) >= 11 is 0. The van der Waals surface area contributed by atoms with Crippen molar-refractivity contribution in [1.82, 2.24) is 19.5 Å². The first-order chi connectivity index (χ1) is 18.5. The zero-order chi connectivity index (χ0) is 28.2. The summed E-state index contributed by atoms with van der Waals surface area (Å²) in [5.41, 5.74) is 11.7. The van der Waals surface area contributed by atoms with Crippen LogP contribution >= 0.6 is 0 Å². The van der Waals surface area contributed by atoms with E-state index in [-0.39, 0.29) is 35.7 Å². The van der Waals surface area contributed by atoms with Crippen LogP contribution in [0.1, 0.15) is 52.8 Å². The van der Waals surface area contributed by atoms with E-state index in [1.807, 2.05) is 44.2 Å². The minimum atomic E-state index is -2.01. The molecule has 39 heavy (non-hydrogen) atoms. The Morgan fingerprint density at radius 3 is 2.62 bits per heavy atom. The van der Waals surface area contributed by atoms with Crippen LogP contribution in [0.3, 0.4) is 0 Å². The molecule has 3 aromatic rings. The summed E-state index contributed by atoms with van der Waals surface area (Å²) < 4.78 is 20.7. The van der Waals surface area contributed by atoms with Gasteiger partial charge in [0.05, 0.1) is 18.6 Å². The number of oxime groups is 1. The first-order valence-corrected chi connectivity index (χ1v) is 15.8. The van der Waals surface area contributed by atoms with E-state index in [0.29, 0.717) is 24.2 Å². The van der Waals surface area contributed by atoms with Crippen molar-refractivity contribution < 1.29 is 18.7 Å². The molecule has 208 valence electrons. The first kappa shape index (κ1) is 28.5. The predicted molar refractivity (Wildman–Crippen MR) is 150 cm³/mol. The molecule has 0 saturated carbocycles. The number of imidazole rings is 1. The molecule has 1 fully saturated rings. The third-order valence-corrected chi connectivity index (χ3v) is 11.5. The van der Waals surface area contributed by atoms with Crippen molar-refractivity contribution in [1.29, 1.82) is 0 Å². The largest absolute Gasteiger partial charge is 0.471 e. The molecule has 4 rings (SSSR count). The van der Waals surface area contributed by atoms with E-state index >= 15 is 0 Å². The van der Waals surface area contributed by atoms with Crippen molar-refractivity contribution in [2.24, 2.45) is 10.3 Å². The van der Waals surface area contributed by atoms with Crippen molar-refractivity contribution >= 4 is 31.1 Å². The van der Waals surface area contributed by atoms with Crippen LogP contribution in [0.15, 0.2) is 46.9 Å². The van der Waals surface area contributed by atoms with Gasteiger partial charge in [0.25, 0.3) is 0 Å². The summed E-state index contributed by atoms with van der Waals surface area (Å²) in [7, 11) is -2.01. The molecule has 3 heterocycles. The molecular formula is C26H36N8O4Si. The number of aromatic nitrogens is 4. The van der Waals surface area contributed by atoms with E-state index in [2.05, 4.69) is 64.0 Å². The highest BCUT2D eigenvalue weighted by Crippen LogP contribution is 2.39. The Hall–Kier alpha value is -3.51. The summed E-state index contributed by atoms with van der Waals surface area (Å²) in [5.74, 6) is 0.157. The summed E-state index contributed by atoms with van der Waals surface area (Å²) in [6.07, 6.45) is 0.976. The van der Waals surface area contributed by atoms with Gasteiger partial charge in [-0.2, -0.15) is 4.98 Å². The SMILES string of the molecule is CC(C)=NOC1C[C@H](n2cnc3c(OCc4ccccc4)nc(N=[N+]=[N-])nc32)O[C@@H]1CO[Si](C)(C)C(C)(C)C. The fourth-order valence-corrected chi connectivity index (χ4v) is 4.83. The van der Waals surface area contributed by atoms with Crippen LogP contribution in [0.4, 0.5) is 5.95 Å². The van der Waals surface area contributed by atoms with E-state index in [4.69, 9.17) is 24.3 Å². The molecule has 0 spiro atoms. The number of fused-ring (bicyclic) bond motifs is 1. The molecule has 0 bridgehead atoms. The monoisotopic (exact) mass is 552 g/mol. The number of azide groups is 1. The number of benzene rings is 1. The molecule has 0 radical (unpaired) electrons. The van der Waals surface area contributed by atoms with Gasteiger partial charge in [0, 0.05) is 11.3 Å². The molecule has 3 atom stereocenters. The summed E-state index contributed by atoms with van der Waals surface area (Å²) in [6, 6.07) is 9.69. The molecule has 1 aliphatic rings. The zero-order valence-electron chi connectivity index (χ0n) is 23.5. The average molecular weight is 553 g/mol. The second kappa shape index (κ2) is 11.7. The van der Waals surface area contributed by atoms with Gasteiger partial charge in [-0.25, -0.2) is 9.97 Å². The van der Waals surface area contributed by atoms with Gasteiger partial charge in [0.2, 0.25) is 11.8 Å². The van der Waals surface area contributed by atoms with Gasteiger partial charge in [-0.05, 0) is 48.2 Å². The van der Waals surface area contributed by atoms with E-state index in [0.717, 1.165) is 11.3 Å². The van der Waals surface area contributed by atoms with E-state index in [1.54, 1.807) is 10.9 Å². The fraction of sp³-hybridized carbons (Fsp3) is 0.538. The van der Waals surface area contributed by atoms with Gasteiger partial charge >= 0.3 is 0 Å². The lowest BCUT2D eigenvalue weighted by atomic mass is 10.2. The Morgan fingerprint density at radius 1 is 1.21 bits per heavy atom. The van der Waals surface area contributed by atoms with Gasteiger partial charge in [-0.3, -0.25) is 4.57 Å². The molecule has 1 aliphatic heterocycles. The van der Waals surface area contributed by atoms with Gasteiger partial charge in [-0.15, -0.1) is 0 Å². The van der Waals surface area contributed by atoms with Crippen LogP contribution in [0, 0.1) is 0 Å². The van der Waals surface area contributed by atoms with E-state index < -0.39 is 14.5 Å².